The summed E-state index contributed by atoms with van der Waals surface area (Å²) < 4.78 is 6.04. The van der Waals surface area contributed by atoms with Gasteiger partial charge in [-0.15, -0.1) is 0 Å². The third kappa shape index (κ3) is 5.60. The Bertz CT molecular complexity index is 1140. The topological polar surface area (TPSA) is 77.2 Å². The van der Waals surface area contributed by atoms with Gasteiger partial charge in [0.1, 0.15) is 5.82 Å². The van der Waals surface area contributed by atoms with Crippen molar-refractivity contribution < 1.29 is 9.53 Å². The van der Waals surface area contributed by atoms with Crippen LogP contribution in [0.5, 0.6) is 0 Å². The monoisotopic (exact) mass is 443 g/mol. The van der Waals surface area contributed by atoms with Gasteiger partial charge in [0.2, 0.25) is 0 Å². The van der Waals surface area contributed by atoms with Crippen LogP contribution in [-0.4, -0.2) is 23.5 Å². The molecule has 0 bridgehead atoms. The number of carbonyl (C=O) groups excluding carboxylic acids is 1. The van der Waals surface area contributed by atoms with Crippen LogP contribution < -0.4 is 11.1 Å². The second-order valence-electron chi connectivity index (χ2n) is 9.23. The number of anilines is 1. The fourth-order valence-corrected chi connectivity index (χ4v) is 4.53. The molecule has 1 heterocycles. The highest BCUT2D eigenvalue weighted by Gasteiger charge is 2.29. The maximum atomic E-state index is 13.1. The molecule has 33 heavy (non-hydrogen) atoms. The second kappa shape index (κ2) is 10.2. The van der Waals surface area contributed by atoms with E-state index in [1.165, 1.54) is 16.7 Å². The molecule has 5 heteroatoms. The van der Waals surface area contributed by atoms with Crippen LogP contribution in [0.25, 0.3) is 11.1 Å². The molecule has 2 aromatic carbocycles. The van der Waals surface area contributed by atoms with Crippen LogP contribution in [0.4, 0.5) is 5.82 Å². The number of carbonyl (C=O) groups is 1. The minimum absolute atomic E-state index is 0.0827. The molecular formula is C28H33N3O2. The summed E-state index contributed by atoms with van der Waals surface area (Å²) in [7, 11) is 0. The Morgan fingerprint density at radius 1 is 1.06 bits per heavy atom. The maximum Gasteiger partial charge on any atom is 0.255 e. The molecule has 4 rings (SSSR count). The van der Waals surface area contributed by atoms with E-state index in [0.717, 1.165) is 36.0 Å². The first-order valence-electron chi connectivity index (χ1n) is 11.7. The Kier molecular flexibility index (Phi) is 7.09. The number of hydrogen-bond acceptors (Lipinski definition) is 4. The molecule has 1 fully saturated rings. The largest absolute Gasteiger partial charge is 0.383 e. The van der Waals surface area contributed by atoms with Gasteiger partial charge in [0.25, 0.3) is 5.91 Å². The van der Waals surface area contributed by atoms with E-state index in [9.17, 15) is 4.79 Å². The van der Waals surface area contributed by atoms with Crippen LogP contribution in [0.2, 0.25) is 0 Å². The first-order chi connectivity index (χ1) is 15.9. The Balaban J connectivity index is 1.39. The number of ether oxygens (including phenoxy) is 1. The number of nitrogens with one attached hydrogen (secondary N) is 1. The van der Waals surface area contributed by atoms with E-state index in [4.69, 9.17) is 10.5 Å². The number of hydrogen-bond donors (Lipinski definition) is 2. The molecule has 1 aromatic heterocycles. The first-order valence-corrected chi connectivity index (χ1v) is 11.7. The Hall–Kier alpha value is -3.18. The maximum absolute atomic E-state index is 13.1. The number of aromatic nitrogens is 1. The second-order valence-corrected chi connectivity index (χ2v) is 9.23. The molecule has 0 radical (unpaired) electrons. The first kappa shape index (κ1) is 23.0. The lowest BCUT2D eigenvalue weighted by molar-refractivity contribution is 0.0742. The fourth-order valence-electron chi connectivity index (χ4n) is 4.53. The molecule has 5 nitrogen and oxygen atoms in total. The average molecular weight is 444 g/mol. The Labute approximate surface area is 196 Å². The highest BCUT2D eigenvalue weighted by atomic mass is 16.5. The number of nitrogens with two attached hydrogens (primary N) is 1. The molecule has 172 valence electrons. The third-order valence-corrected chi connectivity index (χ3v) is 6.66. The van der Waals surface area contributed by atoms with Gasteiger partial charge in [-0.3, -0.25) is 4.79 Å². The molecule has 1 amide bonds. The summed E-state index contributed by atoms with van der Waals surface area (Å²) in [5, 5.41) is 3.20. The van der Waals surface area contributed by atoms with E-state index in [0.29, 0.717) is 24.7 Å². The molecule has 3 aromatic rings. The predicted molar refractivity (Wildman–Crippen MR) is 133 cm³/mol. The van der Waals surface area contributed by atoms with Crippen molar-refractivity contribution in [2.45, 2.75) is 52.7 Å². The van der Waals surface area contributed by atoms with Crippen molar-refractivity contribution in [2.75, 3.05) is 12.3 Å². The molecular weight excluding hydrogens is 410 g/mol. The number of rotatable bonds is 7. The summed E-state index contributed by atoms with van der Waals surface area (Å²) in [4.78, 5) is 17.4. The van der Waals surface area contributed by atoms with E-state index >= 15 is 0 Å². The lowest BCUT2D eigenvalue weighted by atomic mass is 10.0. The zero-order valence-corrected chi connectivity index (χ0v) is 19.7. The number of nitrogens with zero attached hydrogens (tertiary/aromatic N) is 1. The van der Waals surface area contributed by atoms with Crippen LogP contribution >= 0.6 is 0 Å². The van der Waals surface area contributed by atoms with Crippen LogP contribution in [0.3, 0.4) is 0 Å². The van der Waals surface area contributed by atoms with E-state index in [2.05, 4.69) is 48.4 Å². The number of pyridine rings is 1. The van der Waals surface area contributed by atoms with E-state index in [1.54, 1.807) is 6.20 Å². The van der Waals surface area contributed by atoms with Crippen LogP contribution in [-0.2, 0) is 11.3 Å². The average Bonchev–Trinajstić information content (AvgIpc) is 3.23. The fraction of sp³-hybridized carbons (Fsp3) is 0.357. The van der Waals surface area contributed by atoms with Gasteiger partial charge in [-0.1, -0.05) is 54.4 Å². The van der Waals surface area contributed by atoms with Crippen LogP contribution in [0, 0.1) is 26.7 Å². The molecule has 1 saturated carbocycles. The van der Waals surface area contributed by atoms with Crippen molar-refractivity contribution in [3.8, 4) is 11.1 Å². The van der Waals surface area contributed by atoms with Gasteiger partial charge in [-0.25, -0.2) is 4.98 Å². The summed E-state index contributed by atoms with van der Waals surface area (Å²) >= 11 is 0. The molecule has 2 atom stereocenters. The zero-order chi connectivity index (χ0) is 23.4. The Morgan fingerprint density at radius 2 is 1.91 bits per heavy atom. The molecule has 0 unspecified atom stereocenters. The molecule has 0 saturated heterocycles. The molecule has 0 spiro atoms. The van der Waals surface area contributed by atoms with Crippen molar-refractivity contribution in [3.05, 3.63) is 82.5 Å². The minimum Gasteiger partial charge on any atom is -0.383 e. The number of aryl methyl sites for hydroxylation is 3. The quantitative estimate of drug-likeness (QED) is 0.515. The van der Waals surface area contributed by atoms with Crippen molar-refractivity contribution in [2.24, 2.45) is 5.92 Å². The lowest BCUT2D eigenvalue weighted by Gasteiger charge is -2.21. The molecule has 1 aliphatic rings. The standard InChI is InChI=1S/C28H33N3O2/c1-18-6-4-7-22(12-18)24-14-25(27(29)30-15-24)28(32)31-26-9-5-8-23(26)17-33-16-21-11-10-19(2)20(3)13-21/h4,6-7,10-15,23,26H,5,8-9,16-17H2,1-3H3,(H2,29,30)(H,31,32)/t23-,26+/m1/s1. The summed E-state index contributed by atoms with van der Waals surface area (Å²) in [6.45, 7) is 7.51. The van der Waals surface area contributed by atoms with E-state index in [-0.39, 0.29) is 17.8 Å². The van der Waals surface area contributed by atoms with E-state index < -0.39 is 0 Å². The highest BCUT2D eigenvalue weighted by Crippen LogP contribution is 2.28. The van der Waals surface area contributed by atoms with Gasteiger partial charge in [0, 0.05) is 23.7 Å². The summed E-state index contributed by atoms with van der Waals surface area (Å²) in [5.74, 6) is 0.389. The minimum atomic E-state index is -0.166. The van der Waals surface area contributed by atoms with Crippen molar-refractivity contribution in [1.82, 2.24) is 10.3 Å². The highest BCUT2D eigenvalue weighted by molar-refractivity contribution is 5.99. The van der Waals surface area contributed by atoms with E-state index in [1.807, 2.05) is 31.2 Å². The summed E-state index contributed by atoms with van der Waals surface area (Å²) in [6.07, 6.45) is 4.81. The smallest absolute Gasteiger partial charge is 0.255 e. The van der Waals surface area contributed by atoms with Gasteiger partial charge in [-0.2, -0.15) is 0 Å². The number of amides is 1. The van der Waals surface area contributed by atoms with Gasteiger partial charge in [0.05, 0.1) is 18.8 Å². The molecule has 1 aliphatic carbocycles. The van der Waals surface area contributed by atoms with Crippen LogP contribution in [0.1, 0.15) is 51.9 Å². The summed E-state index contributed by atoms with van der Waals surface area (Å²) in [5.41, 5.74) is 13.3. The van der Waals surface area contributed by atoms with Gasteiger partial charge in [0.15, 0.2) is 0 Å². The summed E-state index contributed by atoms with van der Waals surface area (Å²) in [6, 6.07) is 16.5. The van der Waals surface area contributed by atoms with Crippen molar-refractivity contribution >= 4 is 11.7 Å². The van der Waals surface area contributed by atoms with Crippen LogP contribution in [0.15, 0.2) is 54.7 Å². The van der Waals surface area contributed by atoms with Gasteiger partial charge in [-0.05, 0) is 61.9 Å². The zero-order valence-electron chi connectivity index (χ0n) is 19.7. The van der Waals surface area contributed by atoms with Gasteiger partial charge < -0.3 is 15.8 Å². The molecule has 0 aliphatic heterocycles. The number of benzene rings is 2. The van der Waals surface area contributed by atoms with Crippen molar-refractivity contribution in [3.63, 3.8) is 0 Å². The third-order valence-electron chi connectivity index (χ3n) is 6.66. The Morgan fingerprint density at radius 3 is 2.70 bits per heavy atom. The van der Waals surface area contributed by atoms with Crippen molar-refractivity contribution in [1.29, 1.82) is 0 Å². The SMILES string of the molecule is Cc1cccc(-c2cnc(N)c(C(=O)N[C@H]3CCC[C@@H]3COCc3ccc(C)c(C)c3)c2)c1. The molecule has 3 N–H and O–H groups in total. The van der Waals surface area contributed by atoms with Gasteiger partial charge >= 0.3 is 0 Å². The number of nitrogen functional groups attached to an aromatic ring is 1. The normalized spacial score (nSPS) is 17.8. The predicted octanol–water partition coefficient (Wildman–Crippen LogP) is 5.37. The lowest BCUT2D eigenvalue weighted by Crippen LogP contribution is -2.39.